The van der Waals surface area contributed by atoms with Crippen molar-refractivity contribution in [3.05, 3.63) is 150 Å². The molecule has 1 radical (unpaired) electrons. The average molecular weight is 856 g/mol. The van der Waals surface area contributed by atoms with E-state index in [0.29, 0.717) is 0 Å². The van der Waals surface area contributed by atoms with Crippen molar-refractivity contribution in [3.63, 3.8) is 0 Å². The Morgan fingerprint density at radius 1 is 0.530 bits per heavy atom. The molecule has 5 heterocycles. The molecule has 6 heteroatoms. The minimum Gasteiger partial charge on any atom is -0.456 e. The molecule has 0 fully saturated rings. The first kappa shape index (κ1) is 38.1. The van der Waals surface area contributed by atoms with E-state index in [0.717, 1.165) is 123 Å². The molecule has 1 aliphatic heterocycles. The Labute approximate surface area is 383 Å². The molecule has 0 saturated heterocycles. The summed E-state index contributed by atoms with van der Waals surface area (Å²) in [6, 6.07) is 48.8. The van der Waals surface area contributed by atoms with Crippen molar-refractivity contribution in [2.45, 2.75) is 77.6 Å². The van der Waals surface area contributed by atoms with E-state index < -0.39 is 0 Å². The SMILES string of the molecule is CC(C)(C)c1ccc(Nc2cc3oc4cc5c(cc4c3cc2-c2ccc3c4c6c(ccc4n4c3c2[B]c2cc3oc7ccccc7c3cc2-4)oc2ccccc26)C(C)(C)CCC5(C)C)cc1. The van der Waals surface area contributed by atoms with Gasteiger partial charge < -0.3 is 23.1 Å². The second-order valence-corrected chi connectivity index (χ2v) is 21.4. The number of furan rings is 3. The van der Waals surface area contributed by atoms with Crippen molar-refractivity contribution in [1.82, 2.24) is 4.57 Å². The Balaban J connectivity index is 1.08. The van der Waals surface area contributed by atoms with Crippen LogP contribution in [-0.4, -0.2) is 11.8 Å². The summed E-state index contributed by atoms with van der Waals surface area (Å²) in [5.41, 5.74) is 19.7. The predicted octanol–water partition coefficient (Wildman–Crippen LogP) is 15.5. The second-order valence-electron chi connectivity index (χ2n) is 21.4. The molecule has 1 aliphatic carbocycles. The van der Waals surface area contributed by atoms with Crippen LogP contribution in [0.5, 0.6) is 0 Å². The number of rotatable bonds is 3. The van der Waals surface area contributed by atoms with Gasteiger partial charge in [0.15, 0.2) is 7.28 Å². The first-order valence-corrected chi connectivity index (χ1v) is 23.4. The van der Waals surface area contributed by atoms with Crippen LogP contribution < -0.4 is 16.2 Å². The third-order valence-electron chi connectivity index (χ3n) is 15.4. The van der Waals surface area contributed by atoms with E-state index in [1.165, 1.54) is 33.0 Å². The first-order chi connectivity index (χ1) is 31.8. The molecule has 319 valence electrons. The lowest BCUT2D eigenvalue weighted by Gasteiger charge is -2.41. The number of nitrogens with one attached hydrogen (secondary N) is 1. The number of para-hydroxylation sites is 2. The van der Waals surface area contributed by atoms with Gasteiger partial charge in [0, 0.05) is 71.6 Å². The van der Waals surface area contributed by atoms with E-state index in [2.05, 4.69) is 193 Å². The number of fused-ring (bicyclic) bond motifs is 16. The maximum absolute atomic E-state index is 6.92. The zero-order valence-electron chi connectivity index (χ0n) is 38.4. The Bertz CT molecular complexity index is 4090. The topological polar surface area (TPSA) is 56.4 Å². The van der Waals surface area contributed by atoms with E-state index in [1.807, 2.05) is 6.07 Å². The molecule has 0 spiro atoms. The molecule has 2 aliphatic rings. The minimum atomic E-state index is 0.0457. The van der Waals surface area contributed by atoms with Crippen LogP contribution in [0.25, 0.3) is 104 Å². The normalized spacial score (nSPS) is 15.4. The Hall–Kier alpha value is -7.18. The van der Waals surface area contributed by atoms with Crippen molar-refractivity contribution < 1.29 is 13.3 Å². The van der Waals surface area contributed by atoms with Gasteiger partial charge in [-0.15, -0.1) is 0 Å². The molecular weight excluding hydrogens is 807 g/mol. The quantitative estimate of drug-likeness (QED) is 0.180. The minimum absolute atomic E-state index is 0.0457. The predicted molar refractivity (Wildman–Crippen MR) is 277 cm³/mol. The largest absolute Gasteiger partial charge is 0.456 e. The lowest BCUT2D eigenvalue weighted by atomic mass is 9.59. The number of benzene rings is 8. The van der Waals surface area contributed by atoms with Crippen LogP contribution in [0, 0.1) is 0 Å². The molecular formula is C60H48BN2O3. The molecule has 4 aromatic heterocycles. The number of aromatic nitrogens is 1. The molecule has 0 unspecified atom stereocenters. The number of anilines is 2. The zero-order valence-corrected chi connectivity index (χ0v) is 38.4. The molecule has 0 saturated carbocycles. The fraction of sp³-hybridized carbons (Fsp3) is 0.200. The van der Waals surface area contributed by atoms with E-state index in [1.54, 1.807) is 0 Å². The maximum Gasteiger partial charge on any atom is 0.198 e. The fourth-order valence-corrected chi connectivity index (χ4v) is 11.7. The standard InChI is InChI=1S/C60H48BN2O3/c1-58(2,3)32-16-18-33(19-17-32)62-45-31-53-39(40-27-42-43(29-51(40)66-53)60(6,7)25-24-59(42,4)5)26-38(45)35-20-21-37-54-46(22-23-50-55(54)36-13-9-11-15-49(36)64-50)63-47-28-41-34-12-8-10-14-48(34)65-52(41)30-44(47)61-56(35)57(37)63/h8-23,26-31,62H,24-25H2,1-7H3. The van der Waals surface area contributed by atoms with Gasteiger partial charge >= 0.3 is 0 Å². The van der Waals surface area contributed by atoms with Crippen LogP contribution in [0.15, 0.2) is 147 Å². The summed E-state index contributed by atoms with van der Waals surface area (Å²) in [7, 11) is 2.39. The third-order valence-corrected chi connectivity index (χ3v) is 15.4. The summed E-state index contributed by atoms with van der Waals surface area (Å²) in [6.45, 7) is 16.4. The maximum atomic E-state index is 6.92. The summed E-state index contributed by atoms with van der Waals surface area (Å²) < 4.78 is 22.5. The highest BCUT2D eigenvalue weighted by Gasteiger charge is 2.38. The smallest absolute Gasteiger partial charge is 0.198 e. The molecule has 5 nitrogen and oxygen atoms in total. The van der Waals surface area contributed by atoms with Crippen molar-refractivity contribution in [1.29, 1.82) is 0 Å². The van der Waals surface area contributed by atoms with Gasteiger partial charge in [0.05, 0.1) is 11.2 Å². The molecule has 1 N–H and O–H groups in total. The van der Waals surface area contributed by atoms with Gasteiger partial charge in [-0.25, -0.2) is 0 Å². The van der Waals surface area contributed by atoms with Crippen molar-refractivity contribution in [2.75, 3.05) is 5.32 Å². The van der Waals surface area contributed by atoms with Gasteiger partial charge in [-0.1, -0.05) is 115 Å². The highest BCUT2D eigenvalue weighted by atomic mass is 16.3. The second kappa shape index (κ2) is 12.8. The van der Waals surface area contributed by atoms with E-state index >= 15 is 0 Å². The van der Waals surface area contributed by atoms with Crippen LogP contribution in [0.4, 0.5) is 11.4 Å². The molecule has 0 bridgehead atoms. The van der Waals surface area contributed by atoms with Gasteiger partial charge in [-0.3, -0.25) is 0 Å². The average Bonchev–Trinajstić information content (AvgIpc) is 4.05. The molecule has 8 aromatic carbocycles. The van der Waals surface area contributed by atoms with Crippen LogP contribution in [0.2, 0.25) is 0 Å². The summed E-state index contributed by atoms with van der Waals surface area (Å²) in [4.78, 5) is 0. The lowest BCUT2D eigenvalue weighted by molar-refractivity contribution is 0.332. The van der Waals surface area contributed by atoms with Crippen LogP contribution in [0.1, 0.15) is 78.0 Å². The van der Waals surface area contributed by atoms with Gasteiger partial charge in [0.25, 0.3) is 0 Å². The van der Waals surface area contributed by atoms with Gasteiger partial charge in [-0.2, -0.15) is 0 Å². The zero-order chi connectivity index (χ0) is 44.6. The molecule has 0 amide bonds. The molecule has 66 heavy (non-hydrogen) atoms. The van der Waals surface area contributed by atoms with E-state index in [4.69, 9.17) is 13.3 Å². The Kier molecular flexibility index (Phi) is 7.39. The first-order valence-electron chi connectivity index (χ1n) is 23.4. The van der Waals surface area contributed by atoms with Gasteiger partial charge in [-0.05, 0) is 124 Å². The fourth-order valence-electron chi connectivity index (χ4n) is 11.7. The molecule has 0 atom stereocenters. The summed E-state index contributed by atoms with van der Waals surface area (Å²) in [5, 5.41) is 13.1. The Morgan fingerprint density at radius 3 is 1.94 bits per heavy atom. The highest BCUT2D eigenvalue weighted by Crippen LogP contribution is 2.50. The monoisotopic (exact) mass is 855 g/mol. The van der Waals surface area contributed by atoms with Crippen molar-refractivity contribution in [2.24, 2.45) is 0 Å². The summed E-state index contributed by atoms with van der Waals surface area (Å²) >= 11 is 0. The number of hydrogen-bond acceptors (Lipinski definition) is 4. The van der Waals surface area contributed by atoms with Crippen LogP contribution >= 0.6 is 0 Å². The summed E-state index contributed by atoms with van der Waals surface area (Å²) in [6.07, 6.45) is 2.30. The molecule has 14 rings (SSSR count). The van der Waals surface area contributed by atoms with Crippen molar-refractivity contribution in [3.8, 4) is 16.8 Å². The van der Waals surface area contributed by atoms with E-state index in [9.17, 15) is 0 Å². The van der Waals surface area contributed by atoms with Gasteiger partial charge in [0.2, 0.25) is 0 Å². The highest BCUT2D eigenvalue weighted by molar-refractivity contribution is 6.74. The summed E-state index contributed by atoms with van der Waals surface area (Å²) in [5.74, 6) is 0. The lowest BCUT2D eigenvalue weighted by Crippen LogP contribution is -2.37. The Morgan fingerprint density at radius 2 is 1.17 bits per heavy atom. The van der Waals surface area contributed by atoms with Crippen LogP contribution in [-0.2, 0) is 16.2 Å². The molecule has 12 aromatic rings. The van der Waals surface area contributed by atoms with E-state index in [-0.39, 0.29) is 16.2 Å². The van der Waals surface area contributed by atoms with Crippen molar-refractivity contribution >= 4 is 117 Å². The van der Waals surface area contributed by atoms with Gasteiger partial charge in [0.1, 0.15) is 33.5 Å². The number of nitrogens with zero attached hydrogens (tertiary/aromatic N) is 1. The van der Waals surface area contributed by atoms with Crippen LogP contribution in [0.3, 0.4) is 0 Å². The number of hydrogen-bond donors (Lipinski definition) is 1. The third kappa shape index (κ3) is 5.24.